The molecule has 1 unspecified atom stereocenters. The quantitative estimate of drug-likeness (QED) is 0.891. The Balaban J connectivity index is 2.02. The molecule has 1 amide bonds. The monoisotopic (exact) mass is 315 g/mol. The van der Waals surface area contributed by atoms with Crippen molar-refractivity contribution in [1.29, 1.82) is 0 Å². The van der Waals surface area contributed by atoms with E-state index in [4.69, 9.17) is 9.47 Å². The zero-order valence-electron chi connectivity index (χ0n) is 9.85. The Kier molecular flexibility index (Phi) is 4.08. The van der Waals surface area contributed by atoms with Crippen molar-refractivity contribution in [3.8, 4) is 5.75 Å². The van der Waals surface area contributed by atoms with Crippen molar-refractivity contribution in [2.75, 3.05) is 13.2 Å². The van der Waals surface area contributed by atoms with Crippen LogP contribution in [0.5, 0.6) is 5.75 Å². The summed E-state index contributed by atoms with van der Waals surface area (Å²) in [6.07, 6.45) is -1.33. The number of aliphatic hydroxyl groups is 1. The summed E-state index contributed by atoms with van der Waals surface area (Å²) < 4.78 is 11.4. The second kappa shape index (κ2) is 5.58. The largest absolute Gasteiger partial charge is 0.489 e. The molecular weight excluding hydrogens is 302 g/mol. The van der Waals surface area contributed by atoms with Gasteiger partial charge in [0.1, 0.15) is 12.4 Å². The maximum atomic E-state index is 10.8. The number of carbonyl (C=O) groups excluding carboxylic acids is 1. The highest BCUT2D eigenvalue weighted by atomic mass is 79.9. The molecule has 0 aliphatic carbocycles. The third-order valence-electron chi connectivity index (χ3n) is 2.59. The number of ether oxygens (including phenoxy) is 2. The van der Waals surface area contributed by atoms with Crippen LogP contribution in [-0.2, 0) is 4.74 Å². The van der Waals surface area contributed by atoms with Crippen molar-refractivity contribution in [3.05, 3.63) is 28.2 Å². The molecule has 0 radical (unpaired) electrons. The van der Waals surface area contributed by atoms with E-state index in [0.29, 0.717) is 17.9 Å². The van der Waals surface area contributed by atoms with E-state index in [1.165, 1.54) is 0 Å². The summed E-state index contributed by atoms with van der Waals surface area (Å²) in [7, 11) is 0. The van der Waals surface area contributed by atoms with Gasteiger partial charge in [-0.15, -0.1) is 0 Å². The van der Waals surface area contributed by atoms with Crippen molar-refractivity contribution >= 4 is 22.0 Å². The predicted octanol–water partition coefficient (Wildman–Crippen LogP) is 1.99. The summed E-state index contributed by atoms with van der Waals surface area (Å²) in [5.41, 5.74) is 0.696. The molecule has 1 aromatic carbocycles. The van der Waals surface area contributed by atoms with Crippen LogP contribution in [0.4, 0.5) is 4.79 Å². The molecule has 98 valence electrons. The number of halogens is 1. The van der Waals surface area contributed by atoms with Crippen LogP contribution in [0.15, 0.2) is 22.7 Å². The van der Waals surface area contributed by atoms with Gasteiger partial charge in [-0.1, -0.05) is 15.9 Å². The molecule has 18 heavy (non-hydrogen) atoms. The van der Waals surface area contributed by atoms with Crippen LogP contribution in [0.1, 0.15) is 18.6 Å². The van der Waals surface area contributed by atoms with Gasteiger partial charge >= 0.3 is 6.09 Å². The first-order valence-corrected chi connectivity index (χ1v) is 6.40. The first-order valence-electron chi connectivity index (χ1n) is 5.61. The number of alkyl carbamates (subject to hydrolysis) is 1. The fourth-order valence-corrected chi connectivity index (χ4v) is 2.06. The molecule has 2 atom stereocenters. The fourth-order valence-electron chi connectivity index (χ4n) is 1.68. The van der Waals surface area contributed by atoms with Crippen LogP contribution in [-0.4, -0.2) is 30.5 Å². The Morgan fingerprint density at radius 1 is 1.67 bits per heavy atom. The molecule has 1 heterocycles. The third-order valence-corrected chi connectivity index (χ3v) is 3.09. The van der Waals surface area contributed by atoms with Crippen LogP contribution in [0, 0.1) is 0 Å². The number of benzene rings is 1. The number of hydrogen-bond acceptors (Lipinski definition) is 4. The molecular formula is C12H14BrNO4. The number of nitrogens with one attached hydrogen (secondary N) is 1. The molecule has 0 aromatic heterocycles. The average molecular weight is 316 g/mol. The molecule has 6 heteroatoms. The Bertz CT molecular complexity index is 450. The zero-order chi connectivity index (χ0) is 13.1. The lowest BCUT2D eigenvalue weighted by Crippen LogP contribution is -2.22. The van der Waals surface area contributed by atoms with E-state index in [1.807, 2.05) is 6.07 Å². The van der Waals surface area contributed by atoms with Crippen molar-refractivity contribution in [2.45, 2.75) is 19.1 Å². The van der Waals surface area contributed by atoms with E-state index in [0.717, 1.165) is 4.47 Å². The predicted molar refractivity (Wildman–Crippen MR) is 68.5 cm³/mol. The lowest BCUT2D eigenvalue weighted by Gasteiger charge is -2.15. The summed E-state index contributed by atoms with van der Waals surface area (Å²) in [4.78, 5) is 10.8. The second-order valence-corrected chi connectivity index (χ2v) is 4.99. The van der Waals surface area contributed by atoms with E-state index < -0.39 is 12.2 Å². The van der Waals surface area contributed by atoms with Crippen LogP contribution in [0.3, 0.4) is 0 Å². The molecule has 1 aromatic rings. The smallest absolute Gasteiger partial charge is 0.407 e. The highest BCUT2D eigenvalue weighted by Crippen LogP contribution is 2.28. The summed E-state index contributed by atoms with van der Waals surface area (Å²) in [6.45, 7) is 2.38. The molecule has 1 aliphatic rings. The van der Waals surface area contributed by atoms with Crippen LogP contribution in [0.25, 0.3) is 0 Å². The van der Waals surface area contributed by atoms with E-state index in [2.05, 4.69) is 21.2 Å². The highest BCUT2D eigenvalue weighted by Gasteiger charge is 2.23. The summed E-state index contributed by atoms with van der Waals surface area (Å²) in [5.74, 6) is 0.594. The minimum absolute atomic E-state index is 0.264. The molecule has 2 N–H and O–H groups in total. The molecule has 0 spiro atoms. The van der Waals surface area contributed by atoms with Gasteiger partial charge in [-0.05, 0) is 25.1 Å². The number of rotatable bonds is 4. The number of cyclic esters (lactones) is 1. The van der Waals surface area contributed by atoms with Crippen LogP contribution < -0.4 is 10.1 Å². The number of amides is 1. The van der Waals surface area contributed by atoms with Crippen molar-refractivity contribution in [3.63, 3.8) is 0 Å². The molecule has 1 saturated heterocycles. The van der Waals surface area contributed by atoms with Gasteiger partial charge in [0, 0.05) is 10.0 Å². The van der Waals surface area contributed by atoms with Crippen LogP contribution in [0.2, 0.25) is 0 Å². The normalized spacial score (nSPS) is 20.2. The molecule has 2 rings (SSSR count). The van der Waals surface area contributed by atoms with Crippen molar-refractivity contribution in [1.82, 2.24) is 5.32 Å². The Morgan fingerprint density at radius 2 is 2.44 bits per heavy atom. The minimum atomic E-state index is -0.623. The van der Waals surface area contributed by atoms with E-state index in [1.54, 1.807) is 19.1 Å². The number of aliphatic hydroxyl groups excluding tert-OH is 1. The zero-order valence-corrected chi connectivity index (χ0v) is 11.4. The minimum Gasteiger partial charge on any atom is -0.489 e. The fraction of sp³-hybridized carbons (Fsp3) is 0.417. The summed E-state index contributed by atoms with van der Waals surface area (Å²) in [6, 6.07) is 5.41. The highest BCUT2D eigenvalue weighted by molar-refractivity contribution is 9.10. The van der Waals surface area contributed by atoms with Gasteiger partial charge in [0.15, 0.2) is 6.10 Å². The third kappa shape index (κ3) is 3.14. The van der Waals surface area contributed by atoms with Crippen molar-refractivity contribution in [2.24, 2.45) is 0 Å². The Hall–Kier alpha value is -1.27. The molecule has 1 fully saturated rings. The molecule has 5 nitrogen and oxygen atoms in total. The first-order chi connectivity index (χ1) is 8.56. The van der Waals surface area contributed by atoms with Gasteiger partial charge in [0.05, 0.1) is 12.6 Å². The Morgan fingerprint density at radius 3 is 3.06 bits per heavy atom. The average Bonchev–Trinajstić information content (AvgIpc) is 2.73. The number of hydrogen-bond donors (Lipinski definition) is 2. The van der Waals surface area contributed by atoms with Crippen LogP contribution >= 0.6 is 15.9 Å². The SMILES string of the molecule is C[C@@H](O)c1cc(Br)ccc1OCC1CNC(=O)O1. The van der Waals surface area contributed by atoms with Gasteiger partial charge in [-0.25, -0.2) is 4.79 Å². The molecule has 1 aliphatic heterocycles. The lowest BCUT2D eigenvalue weighted by molar-refractivity contribution is 0.102. The topological polar surface area (TPSA) is 67.8 Å². The first kappa shape index (κ1) is 13.2. The van der Waals surface area contributed by atoms with Gasteiger partial charge < -0.3 is 19.9 Å². The summed E-state index contributed by atoms with van der Waals surface area (Å²) in [5, 5.41) is 12.2. The lowest BCUT2D eigenvalue weighted by atomic mass is 10.1. The van der Waals surface area contributed by atoms with Crippen molar-refractivity contribution < 1.29 is 19.4 Å². The molecule has 0 saturated carbocycles. The standard InChI is InChI=1S/C12H14BrNO4/c1-7(15)10-4-8(13)2-3-11(10)17-6-9-5-14-12(16)18-9/h2-4,7,9,15H,5-6H2,1H3,(H,14,16)/t7-,9?/m1/s1. The Labute approximate surface area is 113 Å². The van der Waals surface area contributed by atoms with E-state index >= 15 is 0 Å². The maximum Gasteiger partial charge on any atom is 0.407 e. The van der Waals surface area contributed by atoms with Gasteiger partial charge in [0.2, 0.25) is 0 Å². The van der Waals surface area contributed by atoms with Gasteiger partial charge in [0.25, 0.3) is 0 Å². The molecule has 0 bridgehead atoms. The van der Waals surface area contributed by atoms with E-state index in [-0.39, 0.29) is 12.7 Å². The second-order valence-electron chi connectivity index (χ2n) is 4.08. The van der Waals surface area contributed by atoms with E-state index in [9.17, 15) is 9.90 Å². The van der Waals surface area contributed by atoms with Gasteiger partial charge in [-0.2, -0.15) is 0 Å². The van der Waals surface area contributed by atoms with Gasteiger partial charge in [-0.3, -0.25) is 0 Å². The summed E-state index contributed by atoms with van der Waals surface area (Å²) >= 11 is 3.34. The maximum absolute atomic E-state index is 10.8. The number of carbonyl (C=O) groups is 1.